The van der Waals surface area contributed by atoms with E-state index in [1.54, 1.807) is 0 Å². The normalized spacial score (nSPS) is 25.3. The number of hydrogen-bond acceptors (Lipinski definition) is 4. The molecule has 1 fully saturated rings. The van der Waals surface area contributed by atoms with Gasteiger partial charge in [-0.15, -0.1) is 0 Å². The van der Waals surface area contributed by atoms with Crippen LogP contribution in [0.3, 0.4) is 0 Å². The van der Waals surface area contributed by atoms with E-state index in [2.05, 4.69) is 0 Å². The van der Waals surface area contributed by atoms with E-state index in [9.17, 15) is 13.2 Å². The number of carbonyl (C=O) groups is 1. The minimum absolute atomic E-state index is 0.143. The molecule has 1 rings (SSSR count). The molecule has 1 aliphatic rings. The Labute approximate surface area is 90.2 Å². The maximum atomic E-state index is 11.3. The first-order chi connectivity index (χ1) is 6.79. The third-order valence-electron chi connectivity index (χ3n) is 2.19. The first kappa shape index (κ1) is 12.4. The van der Waals surface area contributed by atoms with Crippen LogP contribution in [0, 0.1) is 11.8 Å². The molecule has 88 valence electrons. The minimum Gasteiger partial charge on any atom is -0.378 e. The van der Waals surface area contributed by atoms with Gasteiger partial charge in [0.1, 0.15) is 0 Å². The highest BCUT2D eigenvalue weighted by atomic mass is 32.2. The van der Waals surface area contributed by atoms with E-state index in [1.807, 2.05) is 18.6 Å². The summed E-state index contributed by atoms with van der Waals surface area (Å²) in [6.07, 6.45) is 1.84. The van der Waals surface area contributed by atoms with Crippen LogP contribution in [0.4, 0.5) is 0 Å². The van der Waals surface area contributed by atoms with Crippen molar-refractivity contribution in [3.05, 3.63) is 0 Å². The van der Waals surface area contributed by atoms with Gasteiger partial charge in [0.15, 0.2) is 0 Å². The lowest BCUT2D eigenvalue weighted by Gasteiger charge is -2.06. The van der Waals surface area contributed by atoms with Gasteiger partial charge in [-0.05, 0) is 26.2 Å². The molecule has 1 saturated carbocycles. The Morgan fingerprint density at radius 2 is 2.13 bits per heavy atom. The molecule has 0 saturated heterocycles. The van der Waals surface area contributed by atoms with Gasteiger partial charge in [0.05, 0.1) is 19.0 Å². The Morgan fingerprint density at radius 1 is 1.53 bits per heavy atom. The van der Waals surface area contributed by atoms with Crippen molar-refractivity contribution >= 4 is 15.9 Å². The monoisotopic (exact) mass is 235 g/mol. The van der Waals surface area contributed by atoms with Gasteiger partial charge in [-0.2, -0.15) is 0 Å². The summed E-state index contributed by atoms with van der Waals surface area (Å²) in [5.74, 6) is -0.428. The molecule has 0 heterocycles. The van der Waals surface area contributed by atoms with E-state index in [0.717, 1.165) is 6.26 Å². The van der Waals surface area contributed by atoms with Crippen LogP contribution in [0.5, 0.6) is 0 Å². The van der Waals surface area contributed by atoms with Crippen LogP contribution < -0.4 is 4.72 Å². The van der Waals surface area contributed by atoms with E-state index in [4.69, 9.17) is 4.74 Å². The Balaban J connectivity index is 2.29. The van der Waals surface area contributed by atoms with Crippen molar-refractivity contribution in [3.8, 4) is 0 Å². The standard InChI is InChI=1S/C9H17NO4S/c1-6(2)14-5-7-4-8(7)9(11)10-15(3,12)13/h6-8H,4-5H2,1-3H3,(H,10,11)/t7-,8+/m0/s1. The summed E-state index contributed by atoms with van der Waals surface area (Å²) in [7, 11) is -3.42. The summed E-state index contributed by atoms with van der Waals surface area (Å²) in [5.41, 5.74) is 0. The number of rotatable bonds is 5. The lowest BCUT2D eigenvalue weighted by molar-refractivity contribution is -0.121. The van der Waals surface area contributed by atoms with Crippen LogP contribution in [0.25, 0.3) is 0 Å². The Kier molecular flexibility index (Phi) is 3.72. The Hall–Kier alpha value is -0.620. The zero-order valence-corrected chi connectivity index (χ0v) is 10.0. The minimum atomic E-state index is -3.42. The fraction of sp³-hybridized carbons (Fsp3) is 0.889. The number of nitrogens with one attached hydrogen (secondary N) is 1. The van der Waals surface area contributed by atoms with Crippen molar-refractivity contribution in [2.24, 2.45) is 11.8 Å². The largest absolute Gasteiger partial charge is 0.378 e. The van der Waals surface area contributed by atoms with Crippen molar-refractivity contribution in [1.82, 2.24) is 4.72 Å². The number of ether oxygens (including phenoxy) is 1. The molecule has 5 nitrogen and oxygen atoms in total. The maximum absolute atomic E-state index is 11.3. The van der Waals surface area contributed by atoms with Crippen molar-refractivity contribution in [2.45, 2.75) is 26.4 Å². The highest BCUT2D eigenvalue weighted by molar-refractivity contribution is 7.89. The highest BCUT2D eigenvalue weighted by Gasteiger charge is 2.43. The molecule has 0 spiro atoms. The predicted octanol–water partition coefficient (Wildman–Crippen LogP) is 0.123. The van der Waals surface area contributed by atoms with Gasteiger partial charge in [-0.25, -0.2) is 8.42 Å². The fourth-order valence-electron chi connectivity index (χ4n) is 1.33. The second-order valence-electron chi connectivity index (χ2n) is 4.22. The van der Waals surface area contributed by atoms with E-state index in [0.29, 0.717) is 13.0 Å². The zero-order chi connectivity index (χ0) is 11.6. The molecule has 15 heavy (non-hydrogen) atoms. The van der Waals surface area contributed by atoms with E-state index >= 15 is 0 Å². The van der Waals surface area contributed by atoms with Crippen LogP contribution >= 0.6 is 0 Å². The van der Waals surface area contributed by atoms with Crippen LogP contribution in [0.15, 0.2) is 0 Å². The van der Waals surface area contributed by atoms with Crippen molar-refractivity contribution < 1.29 is 17.9 Å². The molecule has 0 unspecified atom stereocenters. The first-order valence-electron chi connectivity index (χ1n) is 4.93. The second kappa shape index (κ2) is 4.49. The second-order valence-corrected chi connectivity index (χ2v) is 5.97. The van der Waals surface area contributed by atoms with Gasteiger partial charge in [0, 0.05) is 5.92 Å². The van der Waals surface area contributed by atoms with Gasteiger partial charge in [0.25, 0.3) is 0 Å². The third-order valence-corrected chi connectivity index (χ3v) is 2.76. The van der Waals surface area contributed by atoms with Gasteiger partial charge < -0.3 is 4.74 Å². The number of amides is 1. The number of hydrogen-bond donors (Lipinski definition) is 1. The average Bonchev–Trinajstić information content (AvgIpc) is 2.75. The summed E-state index contributed by atoms with van der Waals surface area (Å²) in [4.78, 5) is 11.3. The summed E-state index contributed by atoms with van der Waals surface area (Å²) >= 11 is 0. The third kappa shape index (κ3) is 4.61. The molecule has 1 aliphatic carbocycles. The first-order valence-corrected chi connectivity index (χ1v) is 6.82. The van der Waals surface area contributed by atoms with Gasteiger partial charge in [-0.3, -0.25) is 9.52 Å². The topological polar surface area (TPSA) is 72.5 Å². The van der Waals surface area contributed by atoms with Gasteiger partial charge >= 0.3 is 0 Å². The van der Waals surface area contributed by atoms with E-state index in [-0.39, 0.29) is 17.9 Å². The molecule has 0 radical (unpaired) electrons. The summed E-state index contributed by atoms with van der Waals surface area (Å²) in [6.45, 7) is 4.38. The predicted molar refractivity (Wildman–Crippen MR) is 55.7 cm³/mol. The molecule has 0 bridgehead atoms. The van der Waals surface area contributed by atoms with Gasteiger partial charge in [0.2, 0.25) is 15.9 Å². The van der Waals surface area contributed by atoms with Gasteiger partial charge in [-0.1, -0.05) is 0 Å². The lowest BCUT2D eigenvalue weighted by atomic mass is 10.3. The quantitative estimate of drug-likeness (QED) is 0.735. The average molecular weight is 235 g/mol. The van der Waals surface area contributed by atoms with Crippen LogP contribution in [-0.2, 0) is 19.6 Å². The van der Waals surface area contributed by atoms with Crippen LogP contribution in [-0.4, -0.2) is 33.3 Å². The molecular weight excluding hydrogens is 218 g/mol. The van der Waals surface area contributed by atoms with Crippen molar-refractivity contribution in [1.29, 1.82) is 0 Å². The van der Waals surface area contributed by atoms with Crippen molar-refractivity contribution in [3.63, 3.8) is 0 Å². The van der Waals surface area contributed by atoms with E-state index in [1.165, 1.54) is 0 Å². The summed E-state index contributed by atoms with van der Waals surface area (Å²) in [6, 6.07) is 0. The van der Waals surface area contributed by atoms with Crippen molar-refractivity contribution in [2.75, 3.05) is 12.9 Å². The maximum Gasteiger partial charge on any atom is 0.236 e. The zero-order valence-electron chi connectivity index (χ0n) is 9.19. The lowest BCUT2D eigenvalue weighted by Crippen LogP contribution is -2.31. The smallest absolute Gasteiger partial charge is 0.236 e. The molecule has 0 aromatic carbocycles. The van der Waals surface area contributed by atoms with Crippen LogP contribution in [0.2, 0.25) is 0 Å². The molecule has 0 aromatic heterocycles. The molecule has 1 amide bonds. The molecular formula is C9H17NO4S. The summed E-state index contributed by atoms with van der Waals surface area (Å²) < 4.78 is 28.9. The molecule has 2 atom stereocenters. The summed E-state index contributed by atoms with van der Waals surface area (Å²) in [5, 5.41) is 0. The SMILES string of the molecule is CC(C)OC[C@@H]1C[C@H]1C(=O)NS(C)(=O)=O. The number of carbonyl (C=O) groups excluding carboxylic acids is 1. The van der Waals surface area contributed by atoms with Crippen LogP contribution in [0.1, 0.15) is 20.3 Å². The molecule has 1 N–H and O–H groups in total. The van der Waals surface area contributed by atoms with E-state index < -0.39 is 15.9 Å². The Morgan fingerprint density at radius 3 is 2.60 bits per heavy atom. The fourth-order valence-corrected chi connectivity index (χ4v) is 1.84. The number of sulfonamides is 1. The Bertz CT molecular complexity index is 336. The molecule has 6 heteroatoms. The molecule has 0 aromatic rings. The molecule has 0 aliphatic heterocycles. The highest BCUT2D eigenvalue weighted by Crippen LogP contribution is 2.39.